The van der Waals surface area contributed by atoms with Gasteiger partial charge in [0.2, 0.25) is 0 Å². The normalized spacial score (nSPS) is 17.0. The van der Waals surface area contributed by atoms with Crippen LogP contribution in [0.5, 0.6) is 5.75 Å². The highest BCUT2D eigenvalue weighted by Gasteiger charge is 2.21. The van der Waals surface area contributed by atoms with Gasteiger partial charge in [0.1, 0.15) is 11.6 Å². The lowest BCUT2D eigenvalue weighted by Gasteiger charge is -2.16. The van der Waals surface area contributed by atoms with E-state index in [1.54, 1.807) is 12.3 Å². The van der Waals surface area contributed by atoms with Crippen LogP contribution < -0.4 is 4.90 Å². The van der Waals surface area contributed by atoms with Crippen LogP contribution in [0, 0.1) is 18.7 Å². The van der Waals surface area contributed by atoms with E-state index >= 15 is 0 Å². The summed E-state index contributed by atoms with van der Waals surface area (Å²) in [4.78, 5) is 7.02. The first-order chi connectivity index (χ1) is 12.5. The van der Waals surface area contributed by atoms with E-state index in [1.807, 2.05) is 13.0 Å². The van der Waals surface area contributed by atoms with Crippen LogP contribution in [0.2, 0.25) is 0 Å². The average molecular weight is 370 g/mol. The molecule has 4 rings (SSSR count). The Morgan fingerprint density at radius 3 is 2.69 bits per heavy atom. The molecule has 1 N–H and O–H groups in total. The Labute approximate surface area is 155 Å². The molecule has 0 saturated carbocycles. The molecule has 1 aliphatic rings. The summed E-state index contributed by atoms with van der Waals surface area (Å²) in [5, 5.41) is 19.7. The molecule has 3 heterocycles. The second-order valence-corrected chi connectivity index (χ2v) is 7.94. The molecule has 7 heteroatoms. The Hall–Kier alpha value is -2.54. The third-order valence-electron chi connectivity index (χ3n) is 4.65. The highest BCUT2D eigenvalue weighted by atomic mass is 32.1. The summed E-state index contributed by atoms with van der Waals surface area (Å²) in [5.74, 6) is 1.03. The summed E-state index contributed by atoms with van der Waals surface area (Å²) >= 11 is 1.39. The molecule has 1 aromatic carbocycles. The van der Waals surface area contributed by atoms with Crippen LogP contribution in [-0.4, -0.2) is 33.4 Å². The Kier molecular flexibility index (Phi) is 4.32. The SMILES string of the molecule is Cc1ncc(-c2cc(O)c(-c3ccc(N4CCC(C)C4)nn3)cc2F)s1. The molecule has 2 aromatic heterocycles. The van der Waals surface area contributed by atoms with Gasteiger partial charge in [-0.2, -0.15) is 0 Å². The second-order valence-electron chi connectivity index (χ2n) is 6.71. The summed E-state index contributed by atoms with van der Waals surface area (Å²) < 4.78 is 14.6. The predicted octanol–water partition coefficient (Wildman–Crippen LogP) is 4.27. The van der Waals surface area contributed by atoms with Gasteiger partial charge < -0.3 is 10.0 Å². The van der Waals surface area contributed by atoms with Gasteiger partial charge in [-0.15, -0.1) is 21.5 Å². The maximum atomic E-state index is 14.6. The second kappa shape index (κ2) is 6.64. The molecule has 0 bridgehead atoms. The zero-order chi connectivity index (χ0) is 18.3. The van der Waals surface area contributed by atoms with Gasteiger partial charge in [0.15, 0.2) is 5.82 Å². The topological polar surface area (TPSA) is 62.1 Å². The number of phenolic OH excluding ortho intramolecular Hbond substituents is 1. The molecular weight excluding hydrogens is 351 g/mol. The molecule has 3 aromatic rings. The Morgan fingerprint density at radius 2 is 2.08 bits per heavy atom. The van der Waals surface area contributed by atoms with Crippen molar-refractivity contribution in [1.82, 2.24) is 15.2 Å². The third-order valence-corrected chi connectivity index (χ3v) is 5.59. The first kappa shape index (κ1) is 16.9. The molecule has 0 spiro atoms. The number of aryl methyl sites for hydroxylation is 1. The van der Waals surface area contributed by atoms with Gasteiger partial charge in [-0.3, -0.25) is 0 Å². The van der Waals surface area contributed by atoms with Gasteiger partial charge in [-0.05, 0) is 43.5 Å². The number of aromatic hydroxyl groups is 1. The number of aromatic nitrogens is 3. The third kappa shape index (κ3) is 3.14. The van der Waals surface area contributed by atoms with E-state index in [2.05, 4.69) is 27.0 Å². The van der Waals surface area contributed by atoms with Gasteiger partial charge in [0, 0.05) is 30.4 Å². The van der Waals surface area contributed by atoms with Gasteiger partial charge in [0.25, 0.3) is 0 Å². The van der Waals surface area contributed by atoms with Crippen molar-refractivity contribution in [3.8, 4) is 27.4 Å². The molecule has 1 aliphatic heterocycles. The van der Waals surface area contributed by atoms with Crippen LogP contribution in [0.25, 0.3) is 21.7 Å². The summed E-state index contributed by atoms with van der Waals surface area (Å²) in [5.41, 5.74) is 1.12. The van der Waals surface area contributed by atoms with Crippen LogP contribution in [0.1, 0.15) is 18.4 Å². The number of hydrogen-bond donors (Lipinski definition) is 1. The minimum atomic E-state index is -0.416. The number of thiazole rings is 1. The molecule has 1 unspecified atom stereocenters. The van der Waals surface area contributed by atoms with Gasteiger partial charge >= 0.3 is 0 Å². The van der Waals surface area contributed by atoms with Gasteiger partial charge in [0.05, 0.1) is 15.6 Å². The Bertz CT molecular complexity index is 941. The van der Waals surface area contributed by atoms with E-state index in [9.17, 15) is 9.50 Å². The number of anilines is 1. The molecule has 0 amide bonds. The Balaban J connectivity index is 1.64. The number of hydrogen-bond acceptors (Lipinski definition) is 6. The monoisotopic (exact) mass is 370 g/mol. The van der Waals surface area contributed by atoms with Crippen LogP contribution in [0.15, 0.2) is 30.5 Å². The fourth-order valence-corrected chi connectivity index (χ4v) is 4.02. The molecule has 0 radical (unpaired) electrons. The smallest absolute Gasteiger partial charge is 0.151 e. The Morgan fingerprint density at radius 1 is 1.23 bits per heavy atom. The highest BCUT2D eigenvalue weighted by Crippen LogP contribution is 2.36. The van der Waals surface area contributed by atoms with Crippen LogP contribution >= 0.6 is 11.3 Å². The zero-order valence-electron chi connectivity index (χ0n) is 14.6. The lowest BCUT2D eigenvalue weighted by atomic mass is 10.1. The minimum absolute atomic E-state index is 0.0238. The molecule has 1 saturated heterocycles. The first-order valence-corrected chi connectivity index (χ1v) is 9.37. The first-order valence-electron chi connectivity index (χ1n) is 8.55. The molecule has 1 fully saturated rings. The van der Waals surface area contributed by atoms with Crippen molar-refractivity contribution >= 4 is 17.2 Å². The summed E-state index contributed by atoms with van der Waals surface area (Å²) in [6.07, 6.45) is 2.76. The molecule has 0 aliphatic carbocycles. The van der Waals surface area contributed by atoms with Crippen LogP contribution in [0.4, 0.5) is 10.2 Å². The van der Waals surface area contributed by atoms with E-state index in [4.69, 9.17) is 0 Å². The summed E-state index contributed by atoms with van der Waals surface area (Å²) in [7, 11) is 0. The van der Waals surface area contributed by atoms with Gasteiger partial charge in [-0.25, -0.2) is 9.37 Å². The van der Waals surface area contributed by atoms with Crippen molar-refractivity contribution in [2.45, 2.75) is 20.3 Å². The van der Waals surface area contributed by atoms with Crippen molar-refractivity contribution in [2.24, 2.45) is 5.92 Å². The van der Waals surface area contributed by atoms with E-state index in [1.165, 1.54) is 23.5 Å². The zero-order valence-corrected chi connectivity index (χ0v) is 15.4. The lowest BCUT2D eigenvalue weighted by Crippen LogP contribution is -2.20. The van der Waals surface area contributed by atoms with E-state index < -0.39 is 5.82 Å². The molecule has 26 heavy (non-hydrogen) atoms. The standard InChI is InChI=1S/C19H19FN4OS/c1-11-5-6-24(10-11)19-4-3-16(22-23-19)14-7-15(20)13(8-17(14)25)18-9-21-12(2)26-18/h3-4,7-9,11,25H,5-6,10H2,1-2H3. The minimum Gasteiger partial charge on any atom is -0.507 e. The van der Waals surface area contributed by atoms with Gasteiger partial charge in [-0.1, -0.05) is 6.92 Å². The van der Waals surface area contributed by atoms with E-state index in [0.717, 1.165) is 30.3 Å². The quantitative estimate of drug-likeness (QED) is 0.746. The molecule has 134 valence electrons. The molecule has 5 nitrogen and oxygen atoms in total. The van der Waals surface area contributed by atoms with Crippen molar-refractivity contribution in [2.75, 3.05) is 18.0 Å². The van der Waals surface area contributed by atoms with E-state index in [-0.39, 0.29) is 5.75 Å². The summed E-state index contributed by atoms with van der Waals surface area (Å²) in [6, 6.07) is 6.38. The van der Waals surface area contributed by atoms with Crippen molar-refractivity contribution in [1.29, 1.82) is 0 Å². The highest BCUT2D eigenvalue weighted by molar-refractivity contribution is 7.15. The van der Waals surface area contributed by atoms with Crippen LogP contribution in [-0.2, 0) is 0 Å². The number of benzene rings is 1. The fourth-order valence-electron chi connectivity index (χ4n) is 3.22. The van der Waals surface area contributed by atoms with Crippen molar-refractivity contribution in [3.63, 3.8) is 0 Å². The predicted molar refractivity (Wildman–Crippen MR) is 101 cm³/mol. The van der Waals surface area contributed by atoms with Crippen molar-refractivity contribution < 1.29 is 9.50 Å². The van der Waals surface area contributed by atoms with E-state index in [0.29, 0.717) is 27.6 Å². The van der Waals surface area contributed by atoms with Crippen molar-refractivity contribution in [3.05, 3.63) is 41.3 Å². The van der Waals surface area contributed by atoms with Crippen LogP contribution in [0.3, 0.4) is 0 Å². The molecular formula is C19H19FN4OS. The maximum Gasteiger partial charge on any atom is 0.151 e. The largest absolute Gasteiger partial charge is 0.507 e. The lowest BCUT2D eigenvalue weighted by molar-refractivity contribution is 0.475. The molecule has 1 atom stereocenters. The fraction of sp³-hybridized carbons (Fsp3) is 0.316. The summed E-state index contributed by atoms with van der Waals surface area (Å²) in [6.45, 7) is 6.02. The maximum absolute atomic E-state index is 14.6. The number of phenols is 1. The number of nitrogens with zero attached hydrogens (tertiary/aromatic N) is 4. The number of halogens is 1. The average Bonchev–Trinajstić information content (AvgIpc) is 3.25. The number of rotatable bonds is 3.